The molecule has 0 aliphatic carbocycles. The van der Waals surface area contributed by atoms with E-state index in [1.807, 2.05) is 6.08 Å². The molecule has 0 fully saturated rings. The number of hydrogen-bond acceptors (Lipinski definition) is 1. The van der Waals surface area contributed by atoms with Crippen molar-refractivity contribution in [1.29, 1.82) is 0 Å². The van der Waals surface area contributed by atoms with Crippen LogP contribution in [0.2, 0.25) is 0 Å². The van der Waals surface area contributed by atoms with Crippen molar-refractivity contribution in [2.75, 3.05) is 0 Å². The third-order valence-electron chi connectivity index (χ3n) is 4.40. The number of carbonyl (C=O) groups excluding carboxylic acids is 1. The van der Waals surface area contributed by atoms with Crippen molar-refractivity contribution in [1.82, 2.24) is 0 Å². The smallest absolute Gasteiger partial charge is 0.244 e. The summed E-state index contributed by atoms with van der Waals surface area (Å²) in [6, 6.07) is 0. The standard InChI is InChI=1S/C20H39NO/c1-3-4-5-6-7-8-9-10-11-12-13-14-15-16-17-18-19(2)20(21)22/h18H,3-17H2,1-2H3,(H2,21,22)/b19-18+. The van der Waals surface area contributed by atoms with Gasteiger partial charge in [-0.1, -0.05) is 96.5 Å². The van der Waals surface area contributed by atoms with Crippen molar-refractivity contribution < 1.29 is 4.79 Å². The molecule has 0 unspecified atom stereocenters. The van der Waals surface area contributed by atoms with Gasteiger partial charge in [-0.15, -0.1) is 0 Å². The monoisotopic (exact) mass is 309 g/mol. The van der Waals surface area contributed by atoms with Crippen LogP contribution in [0.15, 0.2) is 11.6 Å². The molecule has 0 saturated carbocycles. The fourth-order valence-corrected chi connectivity index (χ4v) is 2.76. The second-order valence-electron chi connectivity index (χ2n) is 6.64. The molecule has 0 heterocycles. The molecular weight excluding hydrogens is 270 g/mol. The molecule has 130 valence electrons. The van der Waals surface area contributed by atoms with Crippen LogP contribution in [0.5, 0.6) is 0 Å². The lowest BCUT2D eigenvalue weighted by atomic mass is 10.0. The van der Waals surface area contributed by atoms with E-state index < -0.39 is 0 Å². The average molecular weight is 310 g/mol. The zero-order chi connectivity index (χ0) is 16.5. The minimum Gasteiger partial charge on any atom is -0.366 e. The zero-order valence-electron chi connectivity index (χ0n) is 15.2. The molecule has 0 atom stereocenters. The molecule has 0 rings (SSSR count). The predicted octanol–water partition coefficient (Wildman–Crippen LogP) is 6.29. The molecule has 0 spiro atoms. The summed E-state index contributed by atoms with van der Waals surface area (Å²) in [5.74, 6) is -0.287. The maximum absolute atomic E-state index is 10.8. The lowest BCUT2D eigenvalue weighted by molar-refractivity contribution is -0.114. The van der Waals surface area contributed by atoms with E-state index in [0.717, 1.165) is 6.42 Å². The van der Waals surface area contributed by atoms with Crippen LogP contribution in [0.1, 0.15) is 110 Å². The number of rotatable bonds is 16. The molecule has 2 nitrogen and oxygen atoms in total. The normalized spacial score (nSPS) is 11.8. The highest BCUT2D eigenvalue weighted by molar-refractivity contribution is 5.91. The van der Waals surface area contributed by atoms with Gasteiger partial charge in [0.05, 0.1) is 0 Å². The minimum atomic E-state index is -0.287. The van der Waals surface area contributed by atoms with Gasteiger partial charge in [0.2, 0.25) is 5.91 Å². The summed E-state index contributed by atoms with van der Waals surface area (Å²) in [6.45, 7) is 4.07. The van der Waals surface area contributed by atoms with Crippen LogP contribution in [0.25, 0.3) is 0 Å². The van der Waals surface area contributed by atoms with E-state index in [9.17, 15) is 4.79 Å². The first-order valence-corrected chi connectivity index (χ1v) is 9.65. The number of unbranched alkanes of at least 4 members (excludes halogenated alkanes) is 14. The molecule has 1 amide bonds. The number of amides is 1. The summed E-state index contributed by atoms with van der Waals surface area (Å²) in [5.41, 5.74) is 5.89. The minimum absolute atomic E-state index is 0.287. The molecule has 0 bridgehead atoms. The van der Waals surface area contributed by atoms with Gasteiger partial charge in [0.15, 0.2) is 0 Å². The maximum atomic E-state index is 10.8. The second-order valence-corrected chi connectivity index (χ2v) is 6.64. The van der Waals surface area contributed by atoms with Crippen LogP contribution in [0, 0.1) is 0 Å². The Labute approximate surface area is 138 Å². The van der Waals surface area contributed by atoms with Crippen molar-refractivity contribution in [3.63, 3.8) is 0 Å². The van der Waals surface area contributed by atoms with Crippen molar-refractivity contribution in [3.8, 4) is 0 Å². The van der Waals surface area contributed by atoms with E-state index in [1.165, 1.54) is 89.9 Å². The Hall–Kier alpha value is -0.790. The Bertz CT molecular complexity index is 283. The van der Waals surface area contributed by atoms with E-state index in [0.29, 0.717) is 5.57 Å². The SMILES string of the molecule is CCCCCCCCCCCCCCCC/C=C(\C)C(N)=O. The number of nitrogens with two attached hydrogens (primary N) is 1. The van der Waals surface area contributed by atoms with Crippen LogP contribution in [-0.4, -0.2) is 5.91 Å². The zero-order valence-corrected chi connectivity index (χ0v) is 15.2. The lowest BCUT2D eigenvalue weighted by Gasteiger charge is -2.03. The summed E-state index contributed by atoms with van der Waals surface area (Å²) in [6.07, 6.45) is 22.3. The fourth-order valence-electron chi connectivity index (χ4n) is 2.76. The topological polar surface area (TPSA) is 43.1 Å². The van der Waals surface area contributed by atoms with Gasteiger partial charge in [-0.2, -0.15) is 0 Å². The fraction of sp³-hybridized carbons (Fsp3) is 0.850. The van der Waals surface area contributed by atoms with Crippen LogP contribution in [0.3, 0.4) is 0 Å². The summed E-state index contributed by atoms with van der Waals surface area (Å²) < 4.78 is 0. The van der Waals surface area contributed by atoms with Gasteiger partial charge >= 0.3 is 0 Å². The molecule has 0 aromatic heterocycles. The van der Waals surface area contributed by atoms with Crippen molar-refractivity contribution in [2.45, 2.75) is 110 Å². The highest BCUT2D eigenvalue weighted by Gasteiger charge is 1.96. The van der Waals surface area contributed by atoms with Gasteiger partial charge in [-0.05, 0) is 19.8 Å². The Kier molecular flexibility index (Phi) is 16.0. The van der Waals surface area contributed by atoms with Crippen LogP contribution in [0.4, 0.5) is 0 Å². The van der Waals surface area contributed by atoms with E-state index in [4.69, 9.17) is 5.73 Å². The highest BCUT2D eigenvalue weighted by atomic mass is 16.1. The first-order chi connectivity index (χ1) is 10.7. The number of primary amides is 1. The summed E-state index contributed by atoms with van der Waals surface area (Å²) in [7, 11) is 0. The summed E-state index contributed by atoms with van der Waals surface area (Å²) >= 11 is 0. The van der Waals surface area contributed by atoms with E-state index in [1.54, 1.807) is 6.92 Å². The molecule has 22 heavy (non-hydrogen) atoms. The van der Waals surface area contributed by atoms with Gasteiger partial charge in [-0.25, -0.2) is 0 Å². The van der Waals surface area contributed by atoms with Gasteiger partial charge in [0.25, 0.3) is 0 Å². The highest BCUT2D eigenvalue weighted by Crippen LogP contribution is 2.13. The van der Waals surface area contributed by atoms with Crippen molar-refractivity contribution >= 4 is 5.91 Å². The van der Waals surface area contributed by atoms with Crippen LogP contribution >= 0.6 is 0 Å². The molecule has 2 N–H and O–H groups in total. The van der Waals surface area contributed by atoms with Gasteiger partial charge in [0, 0.05) is 5.57 Å². The molecule has 0 aromatic rings. The quantitative estimate of drug-likeness (QED) is 0.264. The number of carbonyl (C=O) groups is 1. The molecule has 0 saturated heterocycles. The Morgan fingerprint density at radius 2 is 1.09 bits per heavy atom. The summed E-state index contributed by atoms with van der Waals surface area (Å²) in [5, 5.41) is 0. The maximum Gasteiger partial charge on any atom is 0.244 e. The Balaban J connectivity index is 3.12. The van der Waals surface area contributed by atoms with E-state index in [-0.39, 0.29) is 5.91 Å². The van der Waals surface area contributed by atoms with E-state index >= 15 is 0 Å². The first kappa shape index (κ1) is 21.2. The van der Waals surface area contributed by atoms with Crippen molar-refractivity contribution in [3.05, 3.63) is 11.6 Å². The first-order valence-electron chi connectivity index (χ1n) is 9.65. The van der Waals surface area contributed by atoms with E-state index in [2.05, 4.69) is 6.92 Å². The number of hydrogen-bond donors (Lipinski definition) is 1. The largest absolute Gasteiger partial charge is 0.366 e. The van der Waals surface area contributed by atoms with Crippen molar-refractivity contribution in [2.24, 2.45) is 5.73 Å². The molecular formula is C20H39NO. The van der Waals surface area contributed by atoms with Gasteiger partial charge in [0.1, 0.15) is 0 Å². The Morgan fingerprint density at radius 3 is 1.45 bits per heavy atom. The predicted molar refractivity (Wildman–Crippen MR) is 97.9 cm³/mol. The molecule has 2 heteroatoms. The lowest BCUT2D eigenvalue weighted by Crippen LogP contribution is -2.11. The van der Waals surface area contributed by atoms with Crippen LogP contribution in [-0.2, 0) is 4.79 Å². The van der Waals surface area contributed by atoms with Gasteiger partial charge < -0.3 is 5.73 Å². The third-order valence-corrected chi connectivity index (χ3v) is 4.40. The van der Waals surface area contributed by atoms with Crippen LogP contribution < -0.4 is 5.73 Å². The number of allylic oxidation sites excluding steroid dienone is 1. The molecule has 0 aliphatic rings. The summed E-state index contributed by atoms with van der Waals surface area (Å²) in [4.78, 5) is 10.8. The molecule has 0 radical (unpaired) electrons. The molecule has 0 aromatic carbocycles. The van der Waals surface area contributed by atoms with Gasteiger partial charge in [-0.3, -0.25) is 4.79 Å². The second kappa shape index (κ2) is 16.6. The Morgan fingerprint density at radius 1 is 0.727 bits per heavy atom. The third kappa shape index (κ3) is 15.6. The average Bonchev–Trinajstić information content (AvgIpc) is 2.50. The molecule has 0 aliphatic heterocycles.